The Labute approximate surface area is 174 Å². The summed E-state index contributed by atoms with van der Waals surface area (Å²) in [5.74, 6) is -0.617. The first-order valence-corrected chi connectivity index (χ1v) is 9.94. The Morgan fingerprint density at radius 2 is 1.93 bits per heavy atom. The van der Waals surface area contributed by atoms with E-state index in [4.69, 9.17) is 21.1 Å². The van der Waals surface area contributed by atoms with Crippen molar-refractivity contribution < 1.29 is 23.5 Å². The van der Waals surface area contributed by atoms with Crippen molar-refractivity contribution >= 4 is 23.5 Å². The van der Waals surface area contributed by atoms with E-state index in [1.54, 1.807) is 18.2 Å². The molecule has 0 aromatic heterocycles. The third-order valence-electron chi connectivity index (χ3n) is 4.50. The van der Waals surface area contributed by atoms with Crippen LogP contribution in [0.3, 0.4) is 0 Å². The molecule has 1 N–H and O–H groups in total. The minimum atomic E-state index is -1.09. The van der Waals surface area contributed by atoms with E-state index in [-0.39, 0.29) is 18.4 Å². The van der Waals surface area contributed by atoms with Crippen LogP contribution in [0.4, 0.5) is 4.39 Å². The molecule has 2 aromatic carbocycles. The van der Waals surface area contributed by atoms with E-state index in [0.717, 1.165) is 18.4 Å². The molecule has 0 radical (unpaired) electrons. The minimum Gasteiger partial charge on any atom is -0.493 e. The first kappa shape index (κ1) is 21.1. The molecule has 154 valence electrons. The number of benzene rings is 2. The fourth-order valence-electron chi connectivity index (χ4n) is 2.78. The second-order valence-electron chi connectivity index (χ2n) is 7.07. The van der Waals surface area contributed by atoms with Gasteiger partial charge < -0.3 is 14.8 Å². The normalized spacial score (nSPS) is 14.2. The van der Waals surface area contributed by atoms with Gasteiger partial charge in [-0.15, -0.1) is 0 Å². The first-order chi connectivity index (χ1) is 13.9. The highest BCUT2D eigenvalue weighted by molar-refractivity contribution is 6.30. The van der Waals surface area contributed by atoms with E-state index >= 15 is 0 Å². The molecule has 3 rings (SSSR count). The zero-order valence-corrected chi connectivity index (χ0v) is 16.9. The number of hydrogen-bond acceptors (Lipinski definition) is 4. The molecule has 1 aliphatic carbocycles. The van der Waals surface area contributed by atoms with Crippen LogP contribution in [0.25, 0.3) is 0 Å². The van der Waals surface area contributed by atoms with Crippen LogP contribution in [0.2, 0.25) is 5.02 Å². The minimum absolute atomic E-state index is 0.0983. The summed E-state index contributed by atoms with van der Waals surface area (Å²) >= 11 is 5.92. The molecule has 0 saturated heterocycles. The van der Waals surface area contributed by atoms with Crippen LogP contribution in [0, 0.1) is 12.7 Å². The predicted octanol–water partition coefficient (Wildman–Crippen LogP) is 4.51. The van der Waals surface area contributed by atoms with Gasteiger partial charge in [-0.25, -0.2) is 4.39 Å². The van der Waals surface area contributed by atoms with Gasteiger partial charge in [0.05, 0.1) is 6.61 Å². The lowest BCUT2D eigenvalue weighted by Gasteiger charge is -2.18. The molecule has 1 unspecified atom stereocenters. The number of nitrogens with one attached hydrogen (secondary N) is 1. The standard InChI is InChI=1S/C22H23ClFNO4/c1-14-13-16(23)6-11-19(14)28-12-2-3-20(26)29-21(22(27)25-18-9-10-18)15-4-7-17(24)8-5-15/h4-8,11,13,18,21H,2-3,9-10,12H2,1H3,(H,25,27). The van der Waals surface area contributed by atoms with Crippen LogP contribution in [-0.4, -0.2) is 24.5 Å². The topological polar surface area (TPSA) is 64.6 Å². The van der Waals surface area contributed by atoms with Crippen molar-refractivity contribution in [2.45, 2.75) is 44.8 Å². The van der Waals surface area contributed by atoms with E-state index in [1.165, 1.54) is 24.3 Å². The summed E-state index contributed by atoms with van der Waals surface area (Å²) < 4.78 is 24.3. The first-order valence-electron chi connectivity index (χ1n) is 9.56. The molecular weight excluding hydrogens is 397 g/mol. The van der Waals surface area contributed by atoms with Gasteiger partial charge in [0.25, 0.3) is 5.91 Å². The van der Waals surface area contributed by atoms with Crippen molar-refractivity contribution in [2.75, 3.05) is 6.61 Å². The Bertz CT molecular complexity index is 868. The molecule has 2 aromatic rings. The van der Waals surface area contributed by atoms with Crippen LogP contribution in [0.1, 0.15) is 42.9 Å². The molecule has 5 nitrogen and oxygen atoms in total. The fourth-order valence-corrected chi connectivity index (χ4v) is 3.01. The number of amides is 1. The van der Waals surface area contributed by atoms with Gasteiger partial charge in [-0.3, -0.25) is 9.59 Å². The second kappa shape index (κ2) is 9.74. The summed E-state index contributed by atoms with van der Waals surface area (Å²) in [5.41, 5.74) is 1.35. The Hall–Kier alpha value is -2.60. The highest BCUT2D eigenvalue weighted by atomic mass is 35.5. The van der Waals surface area contributed by atoms with Gasteiger partial charge in [-0.05, 0) is 62.1 Å². The van der Waals surface area contributed by atoms with Crippen LogP contribution >= 0.6 is 11.6 Å². The lowest BCUT2D eigenvalue weighted by atomic mass is 10.1. The summed E-state index contributed by atoms with van der Waals surface area (Å²) in [6.07, 6.45) is 1.26. The Morgan fingerprint density at radius 1 is 1.21 bits per heavy atom. The lowest BCUT2D eigenvalue weighted by Crippen LogP contribution is -2.33. The van der Waals surface area contributed by atoms with Crippen molar-refractivity contribution in [1.29, 1.82) is 0 Å². The maximum atomic E-state index is 13.2. The van der Waals surface area contributed by atoms with Gasteiger partial charge in [-0.2, -0.15) is 0 Å². The average molecular weight is 420 g/mol. The summed E-state index contributed by atoms with van der Waals surface area (Å²) in [5, 5.41) is 3.46. The number of carbonyl (C=O) groups excluding carboxylic acids is 2. The average Bonchev–Trinajstić information content (AvgIpc) is 3.49. The number of aryl methyl sites for hydroxylation is 1. The molecule has 1 saturated carbocycles. The number of esters is 1. The molecule has 1 fully saturated rings. The van der Waals surface area contributed by atoms with Gasteiger partial charge in [0.1, 0.15) is 11.6 Å². The predicted molar refractivity (Wildman–Crippen MR) is 107 cm³/mol. The number of hydrogen-bond donors (Lipinski definition) is 1. The quantitative estimate of drug-likeness (QED) is 0.479. The van der Waals surface area contributed by atoms with Crippen molar-refractivity contribution in [1.82, 2.24) is 5.32 Å². The molecule has 0 heterocycles. The van der Waals surface area contributed by atoms with E-state index in [0.29, 0.717) is 29.4 Å². The lowest BCUT2D eigenvalue weighted by molar-refractivity contribution is -0.156. The van der Waals surface area contributed by atoms with Crippen molar-refractivity contribution in [3.05, 3.63) is 64.4 Å². The van der Waals surface area contributed by atoms with Gasteiger partial charge in [0, 0.05) is 23.0 Å². The molecule has 0 bridgehead atoms. The van der Waals surface area contributed by atoms with Gasteiger partial charge >= 0.3 is 5.97 Å². The molecule has 1 amide bonds. The van der Waals surface area contributed by atoms with E-state index < -0.39 is 17.9 Å². The number of carbonyl (C=O) groups is 2. The summed E-state index contributed by atoms with van der Waals surface area (Å²) in [4.78, 5) is 24.8. The van der Waals surface area contributed by atoms with E-state index in [1.807, 2.05) is 6.92 Å². The maximum absolute atomic E-state index is 13.2. The zero-order chi connectivity index (χ0) is 20.8. The maximum Gasteiger partial charge on any atom is 0.307 e. The molecular formula is C22H23ClFNO4. The zero-order valence-electron chi connectivity index (χ0n) is 16.1. The van der Waals surface area contributed by atoms with Gasteiger partial charge in [0.15, 0.2) is 0 Å². The van der Waals surface area contributed by atoms with Gasteiger partial charge in [0.2, 0.25) is 6.10 Å². The highest BCUT2D eigenvalue weighted by Crippen LogP contribution is 2.24. The van der Waals surface area contributed by atoms with Gasteiger partial charge in [-0.1, -0.05) is 23.7 Å². The molecule has 0 aliphatic heterocycles. The number of halogens is 2. The smallest absolute Gasteiger partial charge is 0.307 e. The van der Waals surface area contributed by atoms with Crippen molar-refractivity contribution in [2.24, 2.45) is 0 Å². The third kappa shape index (κ3) is 6.46. The number of ether oxygens (including phenoxy) is 2. The van der Waals surface area contributed by atoms with Crippen LogP contribution < -0.4 is 10.1 Å². The summed E-state index contributed by atoms with van der Waals surface area (Å²) in [6, 6.07) is 10.8. The molecule has 7 heteroatoms. The van der Waals surface area contributed by atoms with Crippen LogP contribution in [0.15, 0.2) is 42.5 Å². The SMILES string of the molecule is Cc1cc(Cl)ccc1OCCCC(=O)OC(C(=O)NC1CC1)c1ccc(F)cc1. The molecule has 0 spiro atoms. The van der Waals surface area contributed by atoms with E-state index in [9.17, 15) is 14.0 Å². The fraction of sp³-hybridized carbons (Fsp3) is 0.364. The second-order valence-corrected chi connectivity index (χ2v) is 7.50. The largest absolute Gasteiger partial charge is 0.493 e. The molecule has 1 atom stereocenters. The molecule has 29 heavy (non-hydrogen) atoms. The summed E-state index contributed by atoms with van der Waals surface area (Å²) in [6.45, 7) is 2.22. The van der Waals surface area contributed by atoms with Crippen LogP contribution in [-0.2, 0) is 14.3 Å². The highest BCUT2D eigenvalue weighted by Gasteiger charge is 2.30. The van der Waals surface area contributed by atoms with Crippen LogP contribution in [0.5, 0.6) is 5.75 Å². The third-order valence-corrected chi connectivity index (χ3v) is 4.74. The summed E-state index contributed by atoms with van der Waals surface area (Å²) in [7, 11) is 0. The Kier molecular flexibility index (Phi) is 7.09. The Balaban J connectivity index is 1.52. The monoisotopic (exact) mass is 419 g/mol. The van der Waals surface area contributed by atoms with E-state index in [2.05, 4.69) is 5.32 Å². The molecule has 1 aliphatic rings. The van der Waals surface area contributed by atoms with Crippen molar-refractivity contribution in [3.63, 3.8) is 0 Å². The van der Waals surface area contributed by atoms with Crippen molar-refractivity contribution in [3.8, 4) is 5.75 Å². The number of rotatable bonds is 9. The Morgan fingerprint density at radius 3 is 2.59 bits per heavy atom.